The minimum atomic E-state index is 0.0640. The lowest BCUT2D eigenvalue weighted by Crippen LogP contribution is -2.44. The first-order valence-corrected chi connectivity index (χ1v) is 7.10. The number of likely N-dealkylation sites (tertiary alicyclic amines) is 1. The van der Waals surface area contributed by atoms with Gasteiger partial charge >= 0.3 is 0 Å². The Morgan fingerprint density at radius 1 is 1.00 bits per heavy atom. The molecule has 19 heavy (non-hydrogen) atoms. The summed E-state index contributed by atoms with van der Waals surface area (Å²) in [5.74, 6) is 0.454. The SMILES string of the molecule is O=C1[C@H](N2CCCCC2)CCN1c1ccc(O)cc1. The number of amides is 1. The van der Waals surface area contributed by atoms with Crippen molar-refractivity contribution in [3.8, 4) is 5.75 Å². The predicted molar refractivity (Wildman–Crippen MR) is 74.3 cm³/mol. The molecule has 2 aliphatic rings. The van der Waals surface area contributed by atoms with E-state index in [0.717, 1.165) is 31.7 Å². The Bertz CT molecular complexity index is 452. The maximum absolute atomic E-state index is 12.5. The highest BCUT2D eigenvalue weighted by Gasteiger charge is 2.36. The van der Waals surface area contributed by atoms with E-state index in [1.54, 1.807) is 12.1 Å². The molecule has 4 heteroatoms. The van der Waals surface area contributed by atoms with E-state index in [1.807, 2.05) is 17.0 Å². The fraction of sp³-hybridized carbons (Fsp3) is 0.533. The van der Waals surface area contributed by atoms with E-state index in [2.05, 4.69) is 4.90 Å². The van der Waals surface area contributed by atoms with Crippen molar-refractivity contribution in [3.05, 3.63) is 24.3 Å². The van der Waals surface area contributed by atoms with E-state index < -0.39 is 0 Å². The maximum atomic E-state index is 12.5. The van der Waals surface area contributed by atoms with Crippen molar-refractivity contribution in [1.82, 2.24) is 4.90 Å². The molecule has 2 heterocycles. The van der Waals surface area contributed by atoms with Gasteiger partial charge in [-0.15, -0.1) is 0 Å². The summed E-state index contributed by atoms with van der Waals surface area (Å²) in [5, 5.41) is 9.31. The molecule has 3 rings (SSSR count). The topological polar surface area (TPSA) is 43.8 Å². The summed E-state index contributed by atoms with van der Waals surface area (Å²) in [5.41, 5.74) is 0.891. The minimum Gasteiger partial charge on any atom is -0.508 e. The zero-order valence-corrected chi connectivity index (χ0v) is 11.1. The number of carbonyl (C=O) groups excluding carboxylic acids is 1. The van der Waals surface area contributed by atoms with Crippen LogP contribution in [0.1, 0.15) is 25.7 Å². The van der Waals surface area contributed by atoms with E-state index >= 15 is 0 Å². The van der Waals surface area contributed by atoms with E-state index in [9.17, 15) is 9.90 Å². The standard InChI is InChI=1S/C15H20N2O2/c18-13-6-4-12(5-7-13)17-11-8-14(15(17)19)16-9-2-1-3-10-16/h4-7,14,18H,1-3,8-11H2/t14-/m1/s1. The number of anilines is 1. The number of aromatic hydroxyl groups is 1. The number of rotatable bonds is 2. The van der Waals surface area contributed by atoms with Crippen LogP contribution in [0.3, 0.4) is 0 Å². The molecule has 0 saturated carbocycles. The summed E-state index contributed by atoms with van der Waals surface area (Å²) in [7, 11) is 0. The second kappa shape index (κ2) is 5.21. The molecule has 0 aromatic heterocycles. The van der Waals surface area contributed by atoms with Crippen molar-refractivity contribution in [2.75, 3.05) is 24.5 Å². The van der Waals surface area contributed by atoms with Crippen LogP contribution in [0.4, 0.5) is 5.69 Å². The third-order valence-electron chi connectivity index (χ3n) is 4.17. The lowest BCUT2D eigenvalue weighted by Gasteiger charge is -2.31. The second-order valence-electron chi connectivity index (χ2n) is 5.41. The van der Waals surface area contributed by atoms with Gasteiger partial charge in [0.2, 0.25) is 5.91 Å². The van der Waals surface area contributed by atoms with Crippen molar-refractivity contribution >= 4 is 11.6 Å². The number of phenolic OH excluding ortho intramolecular Hbond substituents is 1. The molecule has 2 fully saturated rings. The molecule has 1 N–H and O–H groups in total. The monoisotopic (exact) mass is 260 g/mol. The molecule has 0 radical (unpaired) electrons. The molecule has 1 atom stereocenters. The maximum Gasteiger partial charge on any atom is 0.244 e. The molecule has 1 amide bonds. The lowest BCUT2D eigenvalue weighted by molar-refractivity contribution is -0.122. The van der Waals surface area contributed by atoms with Gasteiger partial charge in [-0.3, -0.25) is 9.69 Å². The van der Waals surface area contributed by atoms with E-state index in [0.29, 0.717) is 0 Å². The van der Waals surface area contributed by atoms with Crippen LogP contribution >= 0.6 is 0 Å². The Morgan fingerprint density at radius 3 is 2.37 bits per heavy atom. The highest BCUT2D eigenvalue weighted by Crippen LogP contribution is 2.27. The Kier molecular flexibility index (Phi) is 3.42. The third kappa shape index (κ3) is 2.45. The van der Waals surface area contributed by atoms with Crippen molar-refractivity contribution in [2.24, 2.45) is 0 Å². The fourth-order valence-corrected chi connectivity index (χ4v) is 3.12. The van der Waals surface area contributed by atoms with E-state index in [-0.39, 0.29) is 17.7 Å². The summed E-state index contributed by atoms with van der Waals surface area (Å²) >= 11 is 0. The zero-order valence-electron chi connectivity index (χ0n) is 11.1. The molecule has 2 aliphatic heterocycles. The van der Waals surface area contributed by atoms with Gasteiger partial charge in [0.1, 0.15) is 5.75 Å². The summed E-state index contributed by atoms with van der Waals surface area (Å²) in [6, 6.07) is 6.96. The molecule has 0 spiro atoms. The van der Waals surface area contributed by atoms with Gasteiger partial charge < -0.3 is 10.0 Å². The first-order valence-electron chi connectivity index (χ1n) is 7.10. The van der Waals surface area contributed by atoms with Crippen LogP contribution in [0.15, 0.2) is 24.3 Å². The van der Waals surface area contributed by atoms with Crippen LogP contribution < -0.4 is 4.90 Å². The second-order valence-corrected chi connectivity index (χ2v) is 5.41. The van der Waals surface area contributed by atoms with Crippen LogP contribution in [-0.2, 0) is 4.79 Å². The van der Waals surface area contributed by atoms with Gasteiger partial charge in [0.15, 0.2) is 0 Å². The van der Waals surface area contributed by atoms with Gasteiger partial charge in [0.25, 0.3) is 0 Å². The Balaban J connectivity index is 1.72. The summed E-state index contributed by atoms with van der Waals surface area (Å²) in [4.78, 5) is 16.7. The van der Waals surface area contributed by atoms with Crippen LogP contribution in [0, 0.1) is 0 Å². The van der Waals surface area contributed by atoms with E-state index in [1.165, 1.54) is 19.3 Å². The van der Waals surface area contributed by atoms with Gasteiger partial charge in [0.05, 0.1) is 6.04 Å². The molecule has 102 valence electrons. The third-order valence-corrected chi connectivity index (χ3v) is 4.17. The van der Waals surface area contributed by atoms with E-state index in [4.69, 9.17) is 0 Å². The Hall–Kier alpha value is -1.55. The highest BCUT2D eigenvalue weighted by atomic mass is 16.3. The number of piperidine rings is 1. The van der Waals surface area contributed by atoms with Crippen LogP contribution in [0.2, 0.25) is 0 Å². The zero-order chi connectivity index (χ0) is 13.2. The van der Waals surface area contributed by atoms with Crippen molar-refractivity contribution in [1.29, 1.82) is 0 Å². The number of carbonyl (C=O) groups is 1. The van der Waals surface area contributed by atoms with Crippen molar-refractivity contribution in [3.63, 3.8) is 0 Å². The fourth-order valence-electron chi connectivity index (χ4n) is 3.12. The van der Waals surface area contributed by atoms with Gasteiger partial charge in [-0.1, -0.05) is 6.42 Å². The molecule has 1 aromatic rings. The molecular weight excluding hydrogens is 240 g/mol. The summed E-state index contributed by atoms with van der Waals surface area (Å²) in [6.45, 7) is 2.89. The van der Waals surface area contributed by atoms with Crippen LogP contribution in [-0.4, -0.2) is 41.6 Å². The van der Waals surface area contributed by atoms with Gasteiger partial charge in [-0.2, -0.15) is 0 Å². The molecule has 0 unspecified atom stereocenters. The van der Waals surface area contributed by atoms with Crippen LogP contribution in [0.25, 0.3) is 0 Å². The van der Waals surface area contributed by atoms with Crippen molar-refractivity contribution < 1.29 is 9.90 Å². The molecule has 1 aromatic carbocycles. The number of benzene rings is 1. The van der Waals surface area contributed by atoms with Gasteiger partial charge in [-0.05, 0) is 56.6 Å². The first-order chi connectivity index (χ1) is 9.25. The summed E-state index contributed by atoms with van der Waals surface area (Å²) in [6.07, 6.45) is 4.63. The predicted octanol–water partition coefficient (Wildman–Crippen LogP) is 1.98. The largest absolute Gasteiger partial charge is 0.508 e. The Labute approximate surface area is 113 Å². The van der Waals surface area contributed by atoms with Crippen molar-refractivity contribution in [2.45, 2.75) is 31.7 Å². The normalized spacial score (nSPS) is 24.9. The Morgan fingerprint density at radius 2 is 1.68 bits per heavy atom. The molecule has 4 nitrogen and oxygen atoms in total. The average Bonchev–Trinajstić information content (AvgIpc) is 2.83. The molecule has 0 aliphatic carbocycles. The smallest absolute Gasteiger partial charge is 0.244 e. The first kappa shape index (κ1) is 12.5. The van der Waals surface area contributed by atoms with Crippen LogP contribution in [0.5, 0.6) is 5.75 Å². The number of nitrogens with zero attached hydrogens (tertiary/aromatic N) is 2. The number of phenols is 1. The number of hydrogen-bond donors (Lipinski definition) is 1. The number of hydrogen-bond acceptors (Lipinski definition) is 3. The van der Waals surface area contributed by atoms with Gasteiger partial charge in [-0.25, -0.2) is 0 Å². The quantitative estimate of drug-likeness (QED) is 0.884. The molecular formula is C15H20N2O2. The lowest BCUT2D eigenvalue weighted by atomic mass is 10.1. The average molecular weight is 260 g/mol. The highest BCUT2D eigenvalue weighted by molar-refractivity contribution is 5.99. The molecule has 2 saturated heterocycles. The summed E-state index contributed by atoms with van der Waals surface area (Å²) < 4.78 is 0. The van der Waals surface area contributed by atoms with Gasteiger partial charge in [0, 0.05) is 12.2 Å². The minimum absolute atomic E-state index is 0.0640. The molecule has 0 bridgehead atoms.